The molecule has 13 heteroatoms. The van der Waals surface area contributed by atoms with Crippen LogP contribution in [0.15, 0.2) is 46.6 Å². The number of aromatic nitrogens is 2. The van der Waals surface area contributed by atoms with Crippen molar-refractivity contribution >= 4 is 38.8 Å². The van der Waals surface area contributed by atoms with Crippen LogP contribution in [-0.4, -0.2) is 94.0 Å². The summed E-state index contributed by atoms with van der Waals surface area (Å²) < 4.78 is 12.9. The number of piperidine rings is 1. The number of hydrogen-bond acceptors (Lipinski definition) is 11. The van der Waals surface area contributed by atoms with Crippen LogP contribution in [0.25, 0.3) is 10.2 Å². The molecule has 11 nitrogen and oxygen atoms in total. The smallest absolute Gasteiger partial charge is 0.305 e. The van der Waals surface area contributed by atoms with E-state index >= 15 is 0 Å². The van der Waals surface area contributed by atoms with E-state index in [0.29, 0.717) is 60.9 Å². The van der Waals surface area contributed by atoms with Crippen LogP contribution in [0.3, 0.4) is 0 Å². The first-order valence-corrected chi connectivity index (χ1v) is 17.8. The van der Waals surface area contributed by atoms with Crippen molar-refractivity contribution in [2.24, 2.45) is 0 Å². The first kappa shape index (κ1) is 33.6. The van der Waals surface area contributed by atoms with E-state index in [1.54, 1.807) is 17.4 Å². The summed E-state index contributed by atoms with van der Waals surface area (Å²) in [4.78, 5) is 36.3. The third-order valence-electron chi connectivity index (χ3n) is 8.88. The zero-order valence-corrected chi connectivity index (χ0v) is 28.7. The number of aliphatic hydroxyl groups is 1. The van der Waals surface area contributed by atoms with Gasteiger partial charge >= 0.3 is 4.87 Å². The number of hydrogen-bond donors (Lipinski definition) is 4. The van der Waals surface area contributed by atoms with Gasteiger partial charge in [-0.15, -0.1) is 11.3 Å². The largest absolute Gasteiger partial charge is 0.506 e. The van der Waals surface area contributed by atoms with E-state index in [9.17, 15) is 19.8 Å². The van der Waals surface area contributed by atoms with Crippen molar-refractivity contribution in [1.82, 2.24) is 25.1 Å². The van der Waals surface area contributed by atoms with Crippen molar-refractivity contribution in [3.8, 4) is 11.5 Å². The number of fused-ring (bicyclic) bond motifs is 1. The van der Waals surface area contributed by atoms with Gasteiger partial charge < -0.3 is 34.9 Å². The number of nitrogens with zero attached hydrogens (tertiary/aromatic N) is 3. The molecular formula is C34H43N5O6S2. The molecule has 2 saturated heterocycles. The zero-order chi connectivity index (χ0) is 33.2. The number of rotatable bonds is 10. The molecule has 4 N–H and O–H groups in total. The van der Waals surface area contributed by atoms with Gasteiger partial charge in [-0.2, -0.15) is 0 Å². The van der Waals surface area contributed by atoms with Crippen LogP contribution in [0, 0.1) is 0 Å². The highest BCUT2D eigenvalue weighted by Gasteiger charge is 2.41. The molecule has 252 valence electrons. The van der Waals surface area contributed by atoms with Crippen molar-refractivity contribution in [3.05, 3.63) is 73.3 Å². The molecule has 2 aromatic heterocycles. The van der Waals surface area contributed by atoms with E-state index in [1.165, 1.54) is 6.07 Å². The van der Waals surface area contributed by atoms with E-state index in [1.807, 2.05) is 34.5 Å². The predicted molar refractivity (Wildman–Crippen MR) is 184 cm³/mol. The Labute approximate surface area is 282 Å². The van der Waals surface area contributed by atoms with Gasteiger partial charge in [0, 0.05) is 55.6 Å². The second-order valence-corrected chi connectivity index (χ2v) is 15.3. The van der Waals surface area contributed by atoms with Gasteiger partial charge in [0.25, 0.3) is 5.91 Å². The van der Waals surface area contributed by atoms with Crippen LogP contribution in [0.4, 0.5) is 0 Å². The van der Waals surface area contributed by atoms with E-state index in [0.717, 1.165) is 60.1 Å². The monoisotopic (exact) mass is 681 g/mol. The molecule has 2 fully saturated rings. The van der Waals surface area contributed by atoms with E-state index in [2.05, 4.69) is 41.0 Å². The van der Waals surface area contributed by atoms with Gasteiger partial charge in [0.05, 0.1) is 34.6 Å². The Kier molecular flexibility index (Phi) is 10.0. The van der Waals surface area contributed by atoms with Crippen LogP contribution < -0.4 is 14.9 Å². The number of phenolic OH excluding ortho intramolecular Hbond substituents is 1. The maximum Gasteiger partial charge on any atom is 0.305 e. The number of aromatic hydroxyl groups is 1. The zero-order valence-electron chi connectivity index (χ0n) is 27.1. The van der Waals surface area contributed by atoms with Crippen molar-refractivity contribution in [2.75, 3.05) is 52.5 Å². The molecule has 0 unspecified atom stereocenters. The number of phenols is 1. The fraction of sp³-hybridized carbons (Fsp3) is 0.500. The molecule has 0 radical (unpaired) electrons. The van der Waals surface area contributed by atoms with Gasteiger partial charge in [-0.1, -0.05) is 50.3 Å². The highest BCUT2D eigenvalue weighted by Crippen LogP contribution is 2.33. The summed E-state index contributed by atoms with van der Waals surface area (Å²) in [6, 6.07) is 11.0. The number of aliphatic hydroxyl groups excluding tert-OH is 1. The Morgan fingerprint density at radius 2 is 1.94 bits per heavy atom. The summed E-state index contributed by atoms with van der Waals surface area (Å²) in [6.07, 6.45) is 0.925. The Hall–Kier alpha value is -3.33. The number of carbonyl (C=O) groups is 1. The fourth-order valence-corrected chi connectivity index (χ4v) is 7.94. The molecular weight excluding hydrogens is 639 g/mol. The molecule has 2 aliphatic rings. The Balaban J connectivity index is 0.911. The minimum absolute atomic E-state index is 0.00212. The third-order valence-corrected chi connectivity index (χ3v) is 11.1. The van der Waals surface area contributed by atoms with Gasteiger partial charge in [-0.05, 0) is 36.6 Å². The van der Waals surface area contributed by atoms with Crippen LogP contribution in [0.1, 0.15) is 66.3 Å². The second-order valence-electron chi connectivity index (χ2n) is 13.4. The van der Waals surface area contributed by atoms with Gasteiger partial charge in [-0.3, -0.25) is 14.5 Å². The Bertz CT molecular complexity index is 1740. The number of carbonyl (C=O) groups excluding carboxylic acids is 1. The number of aromatic amines is 1. The molecule has 2 aliphatic heterocycles. The summed E-state index contributed by atoms with van der Waals surface area (Å²) in [5.41, 5.74) is 2.19. The Morgan fingerprint density at radius 3 is 2.66 bits per heavy atom. The quantitative estimate of drug-likeness (QED) is 0.193. The fourth-order valence-electron chi connectivity index (χ4n) is 6.14. The third kappa shape index (κ3) is 7.87. The predicted octanol–water partition coefficient (Wildman–Crippen LogP) is 4.26. The number of amides is 1. The summed E-state index contributed by atoms with van der Waals surface area (Å²) in [5.74, 6) is 0.798. The maximum atomic E-state index is 13.3. The molecule has 2 aromatic carbocycles. The number of thiazole rings is 2. The number of nitrogens with one attached hydrogen (secondary N) is 2. The number of benzene rings is 2. The molecule has 1 atom stereocenters. The van der Waals surface area contributed by atoms with Crippen molar-refractivity contribution in [1.29, 1.82) is 0 Å². The molecule has 4 aromatic rings. The standard InChI is InChI=1S/C34H43N5O6S2/c1-33(2,3)31-36-25(20-46-31)30(42)39-15-17-45-34(21-39)10-12-38(13-11-34)14-16-44-23-6-4-22(5-7-23)18-35-19-27(41)24-8-9-26(40)28-29(24)47-32(43)37-28/h4-9,20,27,35,40-41H,10-19,21H2,1-3H3,(H,37,43)/t27-/m0/s1. The highest BCUT2D eigenvalue weighted by atomic mass is 32.1. The van der Waals surface area contributed by atoms with Crippen LogP contribution >= 0.6 is 22.7 Å². The average Bonchev–Trinajstić information content (AvgIpc) is 3.71. The molecule has 1 amide bonds. The molecule has 1 spiro atoms. The lowest BCUT2D eigenvalue weighted by molar-refractivity contribution is -0.127. The average molecular weight is 682 g/mol. The topological polar surface area (TPSA) is 140 Å². The maximum absolute atomic E-state index is 13.3. The molecule has 0 saturated carbocycles. The first-order chi connectivity index (χ1) is 22.5. The number of ether oxygens (including phenoxy) is 2. The molecule has 0 bridgehead atoms. The second kappa shape index (κ2) is 14.0. The number of H-pyrrole nitrogens is 1. The molecule has 0 aliphatic carbocycles. The molecule has 6 rings (SSSR count). The lowest BCUT2D eigenvalue weighted by Crippen LogP contribution is -2.58. The van der Waals surface area contributed by atoms with Crippen molar-refractivity contribution < 1.29 is 24.5 Å². The van der Waals surface area contributed by atoms with Crippen LogP contribution in [0.5, 0.6) is 11.5 Å². The summed E-state index contributed by atoms with van der Waals surface area (Å²) in [5, 5.41) is 26.8. The minimum atomic E-state index is -0.826. The number of morpholine rings is 1. The lowest BCUT2D eigenvalue weighted by atomic mass is 9.89. The lowest BCUT2D eigenvalue weighted by Gasteiger charge is -2.47. The minimum Gasteiger partial charge on any atom is -0.506 e. The van der Waals surface area contributed by atoms with Gasteiger partial charge in [0.2, 0.25) is 0 Å². The van der Waals surface area contributed by atoms with Gasteiger partial charge in [0.1, 0.15) is 29.3 Å². The Morgan fingerprint density at radius 1 is 1.17 bits per heavy atom. The molecule has 47 heavy (non-hydrogen) atoms. The van der Waals surface area contributed by atoms with Gasteiger partial charge in [-0.25, -0.2) is 4.98 Å². The van der Waals surface area contributed by atoms with Crippen molar-refractivity contribution in [3.63, 3.8) is 0 Å². The van der Waals surface area contributed by atoms with E-state index < -0.39 is 6.10 Å². The summed E-state index contributed by atoms with van der Waals surface area (Å²) in [6.45, 7) is 12.1. The summed E-state index contributed by atoms with van der Waals surface area (Å²) >= 11 is 2.53. The SMILES string of the molecule is CC(C)(C)c1nc(C(=O)N2CCOC3(CCN(CCOc4ccc(CNC[C@H](O)c5ccc(O)c6[nH]c(=O)sc56)cc4)CC3)C2)cs1. The van der Waals surface area contributed by atoms with Gasteiger partial charge in [0.15, 0.2) is 0 Å². The van der Waals surface area contributed by atoms with E-state index in [-0.39, 0.29) is 27.5 Å². The van der Waals surface area contributed by atoms with Crippen molar-refractivity contribution in [2.45, 2.75) is 57.3 Å². The number of likely N-dealkylation sites (tertiary alicyclic amines) is 1. The summed E-state index contributed by atoms with van der Waals surface area (Å²) in [7, 11) is 0. The molecule has 4 heterocycles. The normalized spacial score (nSPS) is 17.7. The highest BCUT2D eigenvalue weighted by molar-refractivity contribution is 7.16. The first-order valence-electron chi connectivity index (χ1n) is 16.1. The van der Waals surface area contributed by atoms with Crippen LogP contribution in [-0.2, 0) is 16.7 Å². The van der Waals surface area contributed by atoms with Crippen LogP contribution in [0.2, 0.25) is 0 Å². The van der Waals surface area contributed by atoms with E-state index in [4.69, 9.17) is 9.47 Å².